The van der Waals surface area contributed by atoms with E-state index < -0.39 is 0 Å². The molecule has 1 amide bonds. The van der Waals surface area contributed by atoms with Gasteiger partial charge in [-0.3, -0.25) is 9.48 Å². The van der Waals surface area contributed by atoms with Gasteiger partial charge in [0.2, 0.25) is 5.91 Å². The smallest absolute Gasteiger partial charge is 0.227 e. The lowest BCUT2D eigenvalue weighted by Gasteiger charge is -2.22. The molecule has 5 nitrogen and oxygen atoms in total. The second kappa shape index (κ2) is 5.12. The molecule has 2 heterocycles. The number of nitrogens with one attached hydrogen (secondary N) is 2. The summed E-state index contributed by atoms with van der Waals surface area (Å²) in [5, 5.41) is 10.3. The number of carbonyl (C=O) groups excluding carboxylic acids is 1. The van der Waals surface area contributed by atoms with Crippen LogP contribution in [0.5, 0.6) is 0 Å². The van der Waals surface area contributed by atoms with Gasteiger partial charge in [-0.1, -0.05) is 6.42 Å². The van der Waals surface area contributed by atoms with Crippen LogP contribution < -0.4 is 10.6 Å². The Balaban J connectivity index is 1.79. The third-order valence-electron chi connectivity index (χ3n) is 2.83. The Morgan fingerprint density at radius 1 is 1.69 bits per heavy atom. The number of hydrogen-bond donors (Lipinski definition) is 2. The number of amides is 1. The third-order valence-corrected chi connectivity index (χ3v) is 2.83. The monoisotopic (exact) mass is 222 g/mol. The van der Waals surface area contributed by atoms with Gasteiger partial charge in [-0.25, -0.2) is 0 Å². The molecular formula is C11H18N4O. The predicted octanol–water partition coefficient (Wildman–Crippen LogP) is 0.891. The van der Waals surface area contributed by atoms with Crippen molar-refractivity contribution in [3.63, 3.8) is 0 Å². The molecule has 0 aromatic carbocycles. The molecule has 5 heteroatoms. The van der Waals surface area contributed by atoms with E-state index in [1.54, 1.807) is 10.7 Å². The van der Waals surface area contributed by atoms with Crippen molar-refractivity contribution >= 4 is 11.7 Å². The standard InChI is InChI=1S/C11H18N4O/c1-15-7-5-10(14-15)13-11(16)8-9-4-2-3-6-12-9/h5,7,9,12H,2-4,6,8H2,1H3,(H,13,14,16). The maximum Gasteiger partial charge on any atom is 0.227 e. The number of anilines is 1. The van der Waals surface area contributed by atoms with Gasteiger partial charge in [0.1, 0.15) is 0 Å². The van der Waals surface area contributed by atoms with Gasteiger partial charge in [-0.15, -0.1) is 0 Å². The van der Waals surface area contributed by atoms with Crippen LogP contribution in [0, 0.1) is 0 Å². The highest BCUT2D eigenvalue weighted by molar-refractivity contribution is 5.90. The molecule has 1 aromatic heterocycles. The lowest BCUT2D eigenvalue weighted by molar-refractivity contribution is -0.116. The second-order valence-electron chi connectivity index (χ2n) is 4.27. The predicted molar refractivity (Wildman–Crippen MR) is 62.1 cm³/mol. The first-order chi connectivity index (χ1) is 7.74. The summed E-state index contributed by atoms with van der Waals surface area (Å²) < 4.78 is 1.68. The van der Waals surface area contributed by atoms with Crippen LogP contribution >= 0.6 is 0 Å². The minimum Gasteiger partial charge on any atom is -0.313 e. The molecule has 2 rings (SSSR count). The van der Waals surface area contributed by atoms with Crippen molar-refractivity contribution in [2.24, 2.45) is 7.05 Å². The molecule has 1 atom stereocenters. The van der Waals surface area contributed by atoms with Crippen molar-refractivity contribution in [2.75, 3.05) is 11.9 Å². The Labute approximate surface area is 95.2 Å². The highest BCUT2D eigenvalue weighted by Gasteiger charge is 2.16. The Morgan fingerprint density at radius 2 is 2.56 bits per heavy atom. The van der Waals surface area contributed by atoms with Crippen LogP contribution in [0.25, 0.3) is 0 Å². The van der Waals surface area contributed by atoms with Crippen molar-refractivity contribution in [3.05, 3.63) is 12.3 Å². The molecule has 1 aliphatic rings. The number of hydrogen-bond acceptors (Lipinski definition) is 3. The third kappa shape index (κ3) is 3.06. The number of nitrogens with zero attached hydrogens (tertiary/aromatic N) is 2. The Morgan fingerprint density at radius 3 is 3.19 bits per heavy atom. The van der Waals surface area contributed by atoms with E-state index in [0.717, 1.165) is 13.0 Å². The van der Waals surface area contributed by atoms with Crippen LogP contribution in [0.15, 0.2) is 12.3 Å². The second-order valence-corrected chi connectivity index (χ2v) is 4.27. The number of rotatable bonds is 3. The molecule has 1 aromatic rings. The minimum absolute atomic E-state index is 0.0399. The van der Waals surface area contributed by atoms with Crippen molar-refractivity contribution in [3.8, 4) is 0 Å². The largest absolute Gasteiger partial charge is 0.313 e. The molecule has 0 bridgehead atoms. The topological polar surface area (TPSA) is 59.0 Å². The van der Waals surface area contributed by atoms with Gasteiger partial charge in [0, 0.05) is 31.8 Å². The first-order valence-electron chi connectivity index (χ1n) is 5.77. The lowest BCUT2D eigenvalue weighted by Crippen LogP contribution is -2.37. The van der Waals surface area contributed by atoms with Crippen molar-refractivity contribution in [1.29, 1.82) is 0 Å². The first-order valence-corrected chi connectivity index (χ1v) is 5.77. The van der Waals surface area contributed by atoms with Gasteiger partial charge in [-0.05, 0) is 19.4 Å². The zero-order valence-electron chi connectivity index (χ0n) is 9.57. The summed E-state index contributed by atoms with van der Waals surface area (Å²) in [7, 11) is 1.83. The zero-order chi connectivity index (χ0) is 11.4. The van der Waals surface area contributed by atoms with Crippen molar-refractivity contribution in [2.45, 2.75) is 31.7 Å². The van der Waals surface area contributed by atoms with Gasteiger partial charge < -0.3 is 10.6 Å². The summed E-state index contributed by atoms with van der Waals surface area (Å²) >= 11 is 0. The zero-order valence-corrected chi connectivity index (χ0v) is 9.57. The molecule has 1 saturated heterocycles. The average Bonchev–Trinajstić information content (AvgIpc) is 2.65. The maximum atomic E-state index is 11.7. The molecular weight excluding hydrogens is 204 g/mol. The first kappa shape index (κ1) is 11.1. The Bertz CT molecular complexity index is 355. The van der Waals surface area contributed by atoms with Crippen LogP contribution in [0.1, 0.15) is 25.7 Å². The van der Waals surface area contributed by atoms with Crippen LogP contribution in [-0.2, 0) is 11.8 Å². The number of carbonyl (C=O) groups is 1. The molecule has 1 aliphatic heterocycles. The van der Waals surface area contributed by atoms with Gasteiger partial charge in [0.25, 0.3) is 0 Å². The number of aromatic nitrogens is 2. The summed E-state index contributed by atoms with van der Waals surface area (Å²) in [6, 6.07) is 2.13. The van der Waals surface area contributed by atoms with E-state index in [1.807, 2.05) is 13.2 Å². The van der Waals surface area contributed by atoms with Gasteiger partial charge in [-0.2, -0.15) is 5.10 Å². The van der Waals surface area contributed by atoms with Gasteiger partial charge in [0.15, 0.2) is 5.82 Å². The molecule has 1 unspecified atom stereocenters. The van der Waals surface area contributed by atoms with E-state index in [-0.39, 0.29) is 5.91 Å². The van der Waals surface area contributed by atoms with Gasteiger partial charge >= 0.3 is 0 Å². The highest BCUT2D eigenvalue weighted by Crippen LogP contribution is 2.11. The summed E-state index contributed by atoms with van der Waals surface area (Å²) in [5.41, 5.74) is 0. The summed E-state index contributed by atoms with van der Waals surface area (Å²) in [5.74, 6) is 0.668. The number of aryl methyl sites for hydroxylation is 1. The summed E-state index contributed by atoms with van der Waals surface area (Å²) in [4.78, 5) is 11.7. The average molecular weight is 222 g/mol. The van der Waals surface area contributed by atoms with Crippen molar-refractivity contribution in [1.82, 2.24) is 15.1 Å². The molecule has 88 valence electrons. The molecule has 0 saturated carbocycles. The highest BCUT2D eigenvalue weighted by atomic mass is 16.1. The van der Waals surface area contributed by atoms with Crippen LogP contribution in [-0.4, -0.2) is 28.3 Å². The van der Waals surface area contributed by atoms with Gasteiger partial charge in [0.05, 0.1) is 0 Å². The molecule has 1 fully saturated rings. The SMILES string of the molecule is Cn1ccc(NC(=O)CC2CCCCN2)n1. The Kier molecular flexibility index (Phi) is 3.56. The summed E-state index contributed by atoms with van der Waals surface area (Å²) in [6.45, 7) is 1.03. The molecule has 0 aliphatic carbocycles. The lowest BCUT2D eigenvalue weighted by atomic mass is 10.0. The van der Waals surface area contributed by atoms with E-state index >= 15 is 0 Å². The van der Waals surface area contributed by atoms with Crippen LogP contribution in [0.4, 0.5) is 5.82 Å². The van der Waals surface area contributed by atoms with Crippen LogP contribution in [0.3, 0.4) is 0 Å². The summed E-state index contributed by atoms with van der Waals surface area (Å²) in [6.07, 6.45) is 5.88. The molecule has 0 spiro atoms. The number of piperidine rings is 1. The van der Waals surface area contributed by atoms with E-state index in [4.69, 9.17) is 0 Å². The molecule has 16 heavy (non-hydrogen) atoms. The molecule has 2 N–H and O–H groups in total. The minimum atomic E-state index is 0.0399. The van der Waals surface area contributed by atoms with E-state index in [2.05, 4.69) is 15.7 Å². The fourth-order valence-corrected chi connectivity index (χ4v) is 2.00. The van der Waals surface area contributed by atoms with Crippen molar-refractivity contribution < 1.29 is 4.79 Å². The van der Waals surface area contributed by atoms with E-state index in [9.17, 15) is 4.79 Å². The van der Waals surface area contributed by atoms with Crippen LogP contribution in [0.2, 0.25) is 0 Å². The fraction of sp³-hybridized carbons (Fsp3) is 0.636. The quantitative estimate of drug-likeness (QED) is 0.798. The van der Waals surface area contributed by atoms with E-state index in [0.29, 0.717) is 18.3 Å². The normalized spacial score (nSPS) is 20.7. The Hall–Kier alpha value is -1.36. The van der Waals surface area contributed by atoms with E-state index in [1.165, 1.54) is 12.8 Å². The fourth-order valence-electron chi connectivity index (χ4n) is 2.00. The molecule has 0 radical (unpaired) electrons. The maximum absolute atomic E-state index is 11.7.